The molecule has 0 atom stereocenters. The molecule has 1 aromatic carbocycles. The topological polar surface area (TPSA) is 118 Å². The fraction of sp³-hybridized carbons (Fsp3) is 0.0417. The maximum Gasteiger partial charge on any atom is 0.164 e. The molecule has 4 aromatic heterocycles. The minimum atomic E-state index is 0.415. The van der Waals surface area contributed by atoms with Gasteiger partial charge in [-0.25, -0.2) is 15.0 Å². The monoisotopic (exact) mass is 418 g/mol. The molecule has 32 heavy (non-hydrogen) atoms. The number of imidazole rings is 1. The van der Waals surface area contributed by atoms with Crippen molar-refractivity contribution in [1.82, 2.24) is 24.5 Å². The molecule has 3 N–H and O–H groups in total. The Kier molecular flexibility index (Phi) is 4.90. The van der Waals surface area contributed by atoms with Gasteiger partial charge in [0.2, 0.25) is 0 Å². The average molecular weight is 418 g/mol. The summed E-state index contributed by atoms with van der Waals surface area (Å²) in [4.78, 5) is 17.6. The van der Waals surface area contributed by atoms with Crippen molar-refractivity contribution < 1.29 is 0 Å². The molecule has 4 heterocycles. The van der Waals surface area contributed by atoms with Crippen molar-refractivity contribution in [2.24, 2.45) is 0 Å². The maximum absolute atomic E-state index is 9.02. The third kappa shape index (κ3) is 3.59. The number of aromatic nitrogens is 5. The van der Waals surface area contributed by atoms with Gasteiger partial charge in [0, 0.05) is 30.8 Å². The summed E-state index contributed by atoms with van der Waals surface area (Å²) in [5, 5.41) is 12.3. The summed E-state index contributed by atoms with van der Waals surface area (Å²) in [7, 11) is 0. The number of nitrogens with one attached hydrogen (secondary N) is 1. The molecule has 5 aromatic rings. The number of nitrogens with two attached hydrogens (primary N) is 1. The number of nitriles is 1. The zero-order valence-electron chi connectivity index (χ0n) is 17.0. The zero-order chi connectivity index (χ0) is 21.9. The van der Waals surface area contributed by atoms with Gasteiger partial charge in [-0.2, -0.15) is 5.26 Å². The Bertz CT molecular complexity index is 1450. The highest BCUT2D eigenvalue weighted by atomic mass is 15.1. The number of nitrogen functional groups attached to an aromatic ring is 1. The molecule has 0 aliphatic carbocycles. The van der Waals surface area contributed by atoms with Gasteiger partial charge < -0.3 is 11.1 Å². The van der Waals surface area contributed by atoms with Crippen LogP contribution < -0.4 is 11.1 Å². The normalized spacial score (nSPS) is 10.7. The second kappa shape index (κ2) is 8.16. The summed E-state index contributed by atoms with van der Waals surface area (Å²) in [5.41, 5.74) is 11.7. The predicted octanol–water partition coefficient (Wildman–Crippen LogP) is 3.94. The average Bonchev–Trinajstić information content (AvgIpc) is 3.23. The van der Waals surface area contributed by atoms with Crippen molar-refractivity contribution in [3.63, 3.8) is 0 Å². The molecule has 0 fully saturated rings. The number of hydrogen-bond donors (Lipinski definition) is 2. The Balaban J connectivity index is 1.49. The quantitative estimate of drug-likeness (QED) is 0.444. The number of fused-ring (bicyclic) bond motifs is 1. The van der Waals surface area contributed by atoms with E-state index in [9.17, 15) is 0 Å². The van der Waals surface area contributed by atoms with Gasteiger partial charge in [0.25, 0.3) is 0 Å². The molecule has 0 spiro atoms. The van der Waals surface area contributed by atoms with Crippen LogP contribution in [0.5, 0.6) is 0 Å². The van der Waals surface area contributed by atoms with Crippen LogP contribution in [-0.2, 0) is 6.54 Å². The lowest BCUT2D eigenvalue weighted by molar-refractivity contribution is 1.06. The summed E-state index contributed by atoms with van der Waals surface area (Å²) in [5.74, 6) is 1.10. The summed E-state index contributed by atoms with van der Waals surface area (Å²) in [6.07, 6.45) is 6.64. The standard InChI is InChI=1S/C24H18N8/c25-12-17-11-18(15-27-13-17)30-14-16-5-7-19(8-6-16)32-23(20-3-1-9-28-22(20)26)31-21-4-2-10-29-24(21)32/h1-11,13,15,30H,14H2,(H2,26,28). The second-order valence-corrected chi connectivity index (χ2v) is 7.15. The van der Waals surface area contributed by atoms with Crippen molar-refractivity contribution in [3.8, 4) is 23.1 Å². The molecular weight excluding hydrogens is 400 g/mol. The molecule has 8 heteroatoms. The van der Waals surface area contributed by atoms with Crippen LogP contribution in [0.15, 0.2) is 79.4 Å². The molecule has 0 aliphatic heterocycles. The van der Waals surface area contributed by atoms with Gasteiger partial charge in [0.05, 0.1) is 23.0 Å². The first kappa shape index (κ1) is 19.2. The van der Waals surface area contributed by atoms with Crippen molar-refractivity contribution in [1.29, 1.82) is 5.26 Å². The summed E-state index contributed by atoms with van der Waals surface area (Å²) < 4.78 is 1.99. The number of pyridine rings is 3. The first-order valence-corrected chi connectivity index (χ1v) is 9.95. The minimum Gasteiger partial charge on any atom is -0.383 e. The summed E-state index contributed by atoms with van der Waals surface area (Å²) in [6.45, 7) is 0.599. The van der Waals surface area contributed by atoms with E-state index in [1.165, 1.54) is 6.20 Å². The van der Waals surface area contributed by atoms with Gasteiger partial charge >= 0.3 is 0 Å². The van der Waals surface area contributed by atoms with Gasteiger partial charge in [-0.3, -0.25) is 9.55 Å². The van der Waals surface area contributed by atoms with E-state index in [-0.39, 0.29) is 0 Å². The molecule has 0 amide bonds. The van der Waals surface area contributed by atoms with E-state index in [0.29, 0.717) is 23.8 Å². The molecule has 0 saturated heterocycles. The number of hydrogen-bond acceptors (Lipinski definition) is 7. The Morgan fingerprint density at radius 2 is 1.81 bits per heavy atom. The Morgan fingerprint density at radius 3 is 2.62 bits per heavy atom. The Morgan fingerprint density at radius 1 is 1.00 bits per heavy atom. The van der Waals surface area contributed by atoms with Gasteiger partial charge in [0.1, 0.15) is 17.4 Å². The highest BCUT2D eigenvalue weighted by Crippen LogP contribution is 2.30. The van der Waals surface area contributed by atoms with Crippen LogP contribution in [0.3, 0.4) is 0 Å². The largest absolute Gasteiger partial charge is 0.383 e. The highest BCUT2D eigenvalue weighted by molar-refractivity contribution is 5.82. The van der Waals surface area contributed by atoms with Crippen LogP contribution in [0.2, 0.25) is 0 Å². The van der Waals surface area contributed by atoms with Crippen molar-refractivity contribution in [3.05, 3.63) is 90.5 Å². The van der Waals surface area contributed by atoms with E-state index < -0.39 is 0 Å². The number of rotatable bonds is 5. The predicted molar refractivity (Wildman–Crippen MR) is 123 cm³/mol. The van der Waals surface area contributed by atoms with Gasteiger partial charge in [-0.15, -0.1) is 0 Å². The van der Waals surface area contributed by atoms with Crippen molar-refractivity contribution in [2.45, 2.75) is 6.54 Å². The molecule has 0 aliphatic rings. The zero-order valence-corrected chi connectivity index (χ0v) is 17.0. The van der Waals surface area contributed by atoms with Crippen LogP contribution >= 0.6 is 0 Å². The number of nitrogens with zero attached hydrogens (tertiary/aromatic N) is 6. The smallest absolute Gasteiger partial charge is 0.164 e. The molecule has 0 radical (unpaired) electrons. The molecule has 8 nitrogen and oxygen atoms in total. The van der Waals surface area contributed by atoms with Crippen LogP contribution in [0.4, 0.5) is 11.5 Å². The number of anilines is 2. The molecule has 0 unspecified atom stereocenters. The highest BCUT2D eigenvalue weighted by Gasteiger charge is 2.17. The first-order valence-electron chi connectivity index (χ1n) is 9.95. The SMILES string of the molecule is N#Cc1cncc(NCc2ccc(-n3c(-c4cccnc4N)nc4cccnc43)cc2)c1. The van der Waals surface area contributed by atoms with Crippen molar-refractivity contribution in [2.75, 3.05) is 11.1 Å². The van der Waals surface area contributed by atoms with E-state index in [1.54, 1.807) is 24.7 Å². The van der Waals surface area contributed by atoms with E-state index in [1.807, 2.05) is 53.1 Å². The molecule has 5 rings (SSSR count). The van der Waals surface area contributed by atoms with Crippen LogP contribution in [0.1, 0.15) is 11.1 Å². The summed E-state index contributed by atoms with van der Waals surface area (Å²) >= 11 is 0. The third-order valence-electron chi connectivity index (χ3n) is 5.05. The fourth-order valence-corrected chi connectivity index (χ4v) is 3.51. The summed E-state index contributed by atoms with van der Waals surface area (Å²) in [6, 6.07) is 19.5. The van der Waals surface area contributed by atoms with Crippen LogP contribution in [0, 0.1) is 11.3 Å². The molecule has 0 saturated carbocycles. The lowest BCUT2D eigenvalue weighted by atomic mass is 10.2. The van der Waals surface area contributed by atoms with E-state index >= 15 is 0 Å². The number of benzene rings is 1. The van der Waals surface area contributed by atoms with E-state index in [0.717, 1.165) is 33.7 Å². The van der Waals surface area contributed by atoms with Crippen LogP contribution in [-0.4, -0.2) is 24.5 Å². The van der Waals surface area contributed by atoms with Gasteiger partial charge in [-0.1, -0.05) is 12.1 Å². The Hall–Kier alpha value is -4.77. The van der Waals surface area contributed by atoms with Gasteiger partial charge in [-0.05, 0) is 48.0 Å². The van der Waals surface area contributed by atoms with Crippen molar-refractivity contribution >= 4 is 22.7 Å². The lowest BCUT2D eigenvalue weighted by Gasteiger charge is -2.11. The maximum atomic E-state index is 9.02. The lowest BCUT2D eigenvalue weighted by Crippen LogP contribution is -2.03. The minimum absolute atomic E-state index is 0.415. The van der Waals surface area contributed by atoms with Gasteiger partial charge in [0.15, 0.2) is 11.5 Å². The van der Waals surface area contributed by atoms with E-state index in [4.69, 9.17) is 16.0 Å². The second-order valence-electron chi connectivity index (χ2n) is 7.15. The fourth-order valence-electron chi connectivity index (χ4n) is 3.51. The van der Waals surface area contributed by atoms with Crippen LogP contribution in [0.25, 0.3) is 28.2 Å². The first-order chi connectivity index (χ1) is 15.7. The molecule has 154 valence electrons. The molecular formula is C24H18N8. The van der Waals surface area contributed by atoms with E-state index in [2.05, 4.69) is 26.3 Å². The Labute approximate surface area is 184 Å². The third-order valence-corrected chi connectivity index (χ3v) is 5.05. The molecule has 0 bridgehead atoms.